The fraction of sp³-hybridized carbons (Fsp3) is 0.200. The van der Waals surface area contributed by atoms with Crippen LogP contribution in [0.15, 0.2) is 71.6 Å². The number of anilines is 2. The standard InChI is InChI=1S/C25H24ClN3O5S/c1-17-6-9-19(10-7-17)35(32,33)28-18-8-11-20(22(26)16-18)24(30)27-23-5-3-2-4-21(23)25(31)29-12-14-34-15-13-29/h2-11,16,28H,12-15H2,1H3,(H,27,30). The van der Waals surface area contributed by atoms with Crippen molar-refractivity contribution in [2.45, 2.75) is 11.8 Å². The summed E-state index contributed by atoms with van der Waals surface area (Å²) in [7, 11) is -3.81. The molecule has 35 heavy (non-hydrogen) atoms. The van der Waals surface area contributed by atoms with Gasteiger partial charge in [0.15, 0.2) is 0 Å². The van der Waals surface area contributed by atoms with E-state index in [-0.39, 0.29) is 27.1 Å². The number of carbonyl (C=O) groups is 2. The monoisotopic (exact) mass is 513 g/mol. The average molecular weight is 514 g/mol. The minimum absolute atomic E-state index is 0.0589. The van der Waals surface area contributed by atoms with Crippen molar-refractivity contribution < 1.29 is 22.7 Å². The van der Waals surface area contributed by atoms with Crippen LogP contribution in [0.1, 0.15) is 26.3 Å². The lowest BCUT2D eigenvalue weighted by Gasteiger charge is -2.27. The summed E-state index contributed by atoms with van der Waals surface area (Å²) in [6.45, 7) is 3.76. The van der Waals surface area contributed by atoms with Crippen LogP contribution in [0, 0.1) is 6.92 Å². The Balaban J connectivity index is 1.50. The number of benzene rings is 3. The maximum atomic E-state index is 13.0. The highest BCUT2D eigenvalue weighted by Gasteiger charge is 2.22. The molecule has 0 bridgehead atoms. The number of halogens is 1. The number of nitrogens with zero attached hydrogens (tertiary/aromatic N) is 1. The zero-order chi connectivity index (χ0) is 25.0. The van der Waals surface area contributed by atoms with Crippen LogP contribution in [-0.4, -0.2) is 51.4 Å². The van der Waals surface area contributed by atoms with E-state index in [1.54, 1.807) is 41.3 Å². The number of sulfonamides is 1. The van der Waals surface area contributed by atoms with Crippen molar-refractivity contribution in [1.82, 2.24) is 4.90 Å². The molecule has 1 saturated heterocycles. The number of ether oxygens (including phenoxy) is 1. The number of amides is 2. The topological polar surface area (TPSA) is 105 Å². The highest BCUT2D eigenvalue weighted by atomic mass is 35.5. The summed E-state index contributed by atoms with van der Waals surface area (Å²) < 4.78 is 33.0. The molecule has 1 heterocycles. The lowest BCUT2D eigenvalue weighted by molar-refractivity contribution is 0.0303. The molecule has 0 radical (unpaired) electrons. The Kier molecular flexibility index (Phi) is 7.39. The molecule has 4 rings (SSSR count). The van der Waals surface area contributed by atoms with Crippen LogP contribution in [0.5, 0.6) is 0 Å². The lowest BCUT2D eigenvalue weighted by Crippen LogP contribution is -2.41. The van der Waals surface area contributed by atoms with Crippen LogP contribution >= 0.6 is 11.6 Å². The van der Waals surface area contributed by atoms with Gasteiger partial charge in [-0.15, -0.1) is 0 Å². The highest BCUT2D eigenvalue weighted by molar-refractivity contribution is 7.92. The third kappa shape index (κ3) is 5.82. The highest BCUT2D eigenvalue weighted by Crippen LogP contribution is 2.26. The fourth-order valence-corrected chi connectivity index (χ4v) is 4.92. The van der Waals surface area contributed by atoms with Gasteiger partial charge < -0.3 is 15.0 Å². The SMILES string of the molecule is Cc1ccc(S(=O)(=O)Nc2ccc(C(=O)Nc3ccccc3C(=O)N3CCOCC3)c(Cl)c2)cc1. The van der Waals surface area contributed by atoms with Crippen LogP contribution in [-0.2, 0) is 14.8 Å². The van der Waals surface area contributed by atoms with E-state index in [1.165, 1.54) is 30.3 Å². The molecule has 1 aliphatic rings. The van der Waals surface area contributed by atoms with E-state index in [9.17, 15) is 18.0 Å². The molecule has 1 aliphatic heterocycles. The summed E-state index contributed by atoms with van der Waals surface area (Å²) in [5.41, 5.74) is 2.01. The molecular weight excluding hydrogens is 490 g/mol. The first-order chi connectivity index (χ1) is 16.7. The average Bonchev–Trinajstić information content (AvgIpc) is 2.84. The minimum atomic E-state index is -3.81. The smallest absolute Gasteiger partial charge is 0.261 e. The number of para-hydroxylation sites is 1. The van der Waals surface area contributed by atoms with E-state index in [0.29, 0.717) is 37.6 Å². The molecule has 0 saturated carbocycles. The number of rotatable bonds is 6. The Bertz CT molecular complexity index is 1350. The predicted octanol–water partition coefficient (Wildman–Crippen LogP) is 4.17. The van der Waals surface area contributed by atoms with Crippen LogP contribution in [0.3, 0.4) is 0 Å². The molecule has 0 aliphatic carbocycles. The van der Waals surface area contributed by atoms with Gasteiger partial charge in [0.25, 0.3) is 21.8 Å². The van der Waals surface area contributed by atoms with E-state index in [2.05, 4.69) is 10.0 Å². The van der Waals surface area contributed by atoms with E-state index < -0.39 is 15.9 Å². The Morgan fingerprint density at radius 2 is 1.63 bits per heavy atom. The third-order valence-electron chi connectivity index (χ3n) is 5.50. The number of morpholine rings is 1. The summed E-state index contributed by atoms with van der Waals surface area (Å²) in [6, 6.07) is 17.4. The van der Waals surface area contributed by atoms with Gasteiger partial charge in [-0.2, -0.15) is 0 Å². The molecule has 182 valence electrons. The van der Waals surface area contributed by atoms with Crippen LogP contribution in [0.25, 0.3) is 0 Å². The molecular formula is C25H24ClN3O5S. The first-order valence-electron chi connectivity index (χ1n) is 10.9. The van der Waals surface area contributed by atoms with E-state index in [0.717, 1.165) is 5.56 Å². The van der Waals surface area contributed by atoms with E-state index in [4.69, 9.17) is 16.3 Å². The minimum Gasteiger partial charge on any atom is -0.378 e. The zero-order valence-corrected chi connectivity index (χ0v) is 20.5. The molecule has 1 fully saturated rings. The van der Waals surface area contributed by atoms with Crippen molar-refractivity contribution in [2.75, 3.05) is 36.3 Å². The summed E-state index contributed by atoms with van der Waals surface area (Å²) in [5.74, 6) is -0.721. The molecule has 10 heteroatoms. The number of hydrogen-bond donors (Lipinski definition) is 2. The van der Waals surface area contributed by atoms with E-state index >= 15 is 0 Å². The van der Waals surface area contributed by atoms with Gasteiger partial charge in [0.2, 0.25) is 0 Å². The van der Waals surface area contributed by atoms with Gasteiger partial charge in [0.05, 0.1) is 45.6 Å². The van der Waals surface area contributed by atoms with Gasteiger partial charge in [0, 0.05) is 13.1 Å². The van der Waals surface area contributed by atoms with Crippen LogP contribution < -0.4 is 10.0 Å². The second-order valence-electron chi connectivity index (χ2n) is 8.02. The largest absolute Gasteiger partial charge is 0.378 e. The van der Waals surface area contributed by atoms with Crippen molar-refractivity contribution in [3.63, 3.8) is 0 Å². The second kappa shape index (κ2) is 10.5. The lowest BCUT2D eigenvalue weighted by atomic mass is 10.1. The number of hydrogen-bond acceptors (Lipinski definition) is 5. The van der Waals surface area contributed by atoms with Gasteiger partial charge in [0.1, 0.15) is 0 Å². The van der Waals surface area contributed by atoms with Crippen molar-refractivity contribution in [1.29, 1.82) is 0 Å². The van der Waals surface area contributed by atoms with Gasteiger partial charge in [-0.05, 0) is 49.4 Å². The molecule has 0 unspecified atom stereocenters. The van der Waals surface area contributed by atoms with Crippen molar-refractivity contribution in [3.05, 3.63) is 88.4 Å². The Labute approximate surface area is 208 Å². The Hall–Kier alpha value is -3.40. The Morgan fingerprint density at radius 1 is 0.943 bits per heavy atom. The first kappa shape index (κ1) is 24.7. The number of aryl methyl sites for hydroxylation is 1. The third-order valence-corrected chi connectivity index (χ3v) is 7.21. The molecule has 0 atom stereocenters. The maximum absolute atomic E-state index is 13.0. The van der Waals surface area contributed by atoms with Gasteiger partial charge >= 0.3 is 0 Å². The predicted molar refractivity (Wildman–Crippen MR) is 135 cm³/mol. The van der Waals surface area contributed by atoms with E-state index in [1.807, 2.05) is 6.92 Å². The molecule has 3 aromatic rings. The fourth-order valence-electron chi connectivity index (χ4n) is 3.60. The van der Waals surface area contributed by atoms with Gasteiger partial charge in [-0.25, -0.2) is 8.42 Å². The quantitative estimate of drug-likeness (QED) is 0.514. The Morgan fingerprint density at radius 3 is 2.31 bits per heavy atom. The van der Waals surface area contributed by atoms with Crippen molar-refractivity contribution in [3.8, 4) is 0 Å². The molecule has 3 aromatic carbocycles. The van der Waals surface area contributed by atoms with Gasteiger partial charge in [-0.3, -0.25) is 14.3 Å². The summed E-state index contributed by atoms with van der Waals surface area (Å²) in [5, 5.41) is 2.80. The molecule has 2 N–H and O–H groups in total. The second-order valence-corrected chi connectivity index (χ2v) is 10.1. The maximum Gasteiger partial charge on any atom is 0.261 e. The van der Waals surface area contributed by atoms with Crippen molar-refractivity contribution >= 4 is 44.8 Å². The normalized spacial score (nSPS) is 13.8. The number of carbonyl (C=O) groups excluding carboxylic acids is 2. The summed E-state index contributed by atoms with van der Waals surface area (Å²) in [4.78, 5) is 27.7. The molecule has 8 nitrogen and oxygen atoms in total. The zero-order valence-electron chi connectivity index (χ0n) is 19.0. The van der Waals surface area contributed by atoms with Gasteiger partial charge in [-0.1, -0.05) is 41.4 Å². The molecule has 2 amide bonds. The molecule has 0 spiro atoms. The van der Waals surface area contributed by atoms with Crippen LogP contribution in [0.4, 0.5) is 11.4 Å². The van der Waals surface area contributed by atoms with Crippen molar-refractivity contribution in [2.24, 2.45) is 0 Å². The number of nitrogens with one attached hydrogen (secondary N) is 2. The summed E-state index contributed by atoms with van der Waals surface area (Å²) >= 11 is 6.33. The first-order valence-corrected chi connectivity index (χ1v) is 12.8. The van der Waals surface area contributed by atoms with Crippen LogP contribution in [0.2, 0.25) is 5.02 Å². The molecule has 0 aromatic heterocycles. The summed E-state index contributed by atoms with van der Waals surface area (Å²) in [6.07, 6.45) is 0.